The number of hydrogen-bond acceptors (Lipinski definition) is 3. The smallest absolute Gasteiger partial charge is 0.307 e. The van der Waals surface area contributed by atoms with Gasteiger partial charge in [-0.3, -0.25) is 4.79 Å². The fraction of sp³-hybridized carbons (Fsp3) is 0.950. The first-order chi connectivity index (χ1) is 11.2. The van der Waals surface area contributed by atoms with Gasteiger partial charge in [-0.2, -0.15) is 0 Å². The summed E-state index contributed by atoms with van der Waals surface area (Å²) in [5.41, 5.74) is 6.80. The fourth-order valence-electron chi connectivity index (χ4n) is 7.70. The van der Waals surface area contributed by atoms with Crippen LogP contribution < -0.4 is 5.73 Å². The van der Waals surface area contributed by atoms with Crippen LogP contribution in [0.1, 0.15) is 71.6 Å². The predicted molar refractivity (Wildman–Crippen MR) is 92.3 cm³/mol. The molecule has 4 heteroatoms. The Kier molecular flexibility index (Phi) is 3.65. The van der Waals surface area contributed by atoms with Crippen molar-refractivity contribution in [2.24, 2.45) is 40.2 Å². The third kappa shape index (κ3) is 1.96. The summed E-state index contributed by atoms with van der Waals surface area (Å²) in [4.78, 5) is 11.8. The van der Waals surface area contributed by atoms with E-state index in [4.69, 9.17) is 5.73 Å². The molecule has 4 saturated carbocycles. The molecule has 4 aliphatic rings. The Morgan fingerprint density at radius 3 is 2.46 bits per heavy atom. The maximum Gasteiger partial charge on any atom is 0.307 e. The van der Waals surface area contributed by atoms with Crippen molar-refractivity contribution >= 4 is 5.97 Å². The van der Waals surface area contributed by atoms with Crippen LogP contribution in [0.5, 0.6) is 0 Å². The molecule has 4 nitrogen and oxygen atoms in total. The van der Waals surface area contributed by atoms with Crippen molar-refractivity contribution in [2.45, 2.75) is 83.3 Å². The van der Waals surface area contributed by atoms with Crippen LogP contribution in [0.15, 0.2) is 0 Å². The molecule has 0 heterocycles. The average Bonchev–Trinajstić information content (AvgIpc) is 2.80. The third-order valence-corrected chi connectivity index (χ3v) is 9.28. The lowest BCUT2D eigenvalue weighted by Crippen LogP contribution is -2.66. The molecule has 4 fully saturated rings. The minimum Gasteiger partial charge on any atom is -0.481 e. The van der Waals surface area contributed by atoms with Crippen LogP contribution in [0.3, 0.4) is 0 Å². The number of carboxylic acid groups (broad SMARTS) is 1. The van der Waals surface area contributed by atoms with Crippen LogP contribution in [0, 0.1) is 34.5 Å². The van der Waals surface area contributed by atoms with E-state index in [9.17, 15) is 15.0 Å². The maximum atomic E-state index is 11.8. The van der Waals surface area contributed by atoms with E-state index in [-0.39, 0.29) is 28.4 Å². The topological polar surface area (TPSA) is 83.5 Å². The number of carboxylic acids is 1. The van der Waals surface area contributed by atoms with E-state index in [1.165, 1.54) is 0 Å². The quantitative estimate of drug-likeness (QED) is 0.687. The minimum atomic E-state index is -0.649. The van der Waals surface area contributed by atoms with Crippen molar-refractivity contribution in [3.05, 3.63) is 0 Å². The van der Waals surface area contributed by atoms with Gasteiger partial charge in [-0.15, -0.1) is 0 Å². The highest BCUT2D eigenvalue weighted by Crippen LogP contribution is 2.68. The van der Waals surface area contributed by atoms with Crippen LogP contribution >= 0.6 is 0 Å². The summed E-state index contributed by atoms with van der Waals surface area (Å²) in [5.74, 6) is 0.754. The molecular weight excluding hydrogens is 302 g/mol. The number of hydrogen-bond donors (Lipinski definition) is 3. The van der Waals surface area contributed by atoms with Gasteiger partial charge in [0.15, 0.2) is 0 Å². The first kappa shape index (κ1) is 16.8. The molecule has 4 aliphatic carbocycles. The van der Waals surface area contributed by atoms with Gasteiger partial charge in [0.2, 0.25) is 0 Å². The Morgan fingerprint density at radius 1 is 1.00 bits per heavy atom. The van der Waals surface area contributed by atoms with Gasteiger partial charge in [0, 0.05) is 5.54 Å². The standard InChI is InChI=1S/C20H33NO3/c1-18-8-5-13(22)11-12(18)3-4-15-14(18)6-9-19(2)16(17(23)24)7-10-20(15,19)21/h12-16,22H,3-11,21H2,1-2H3,(H,23,24)/t12-,13+,14+,15-,16?,18+,19-,20+/m1/s1. The summed E-state index contributed by atoms with van der Waals surface area (Å²) in [6.07, 6.45) is 8.81. The highest BCUT2D eigenvalue weighted by molar-refractivity contribution is 5.72. The summed E-state index contributed by atoms with van der Waals surface area (Å²) < 4.78 is 0. The normalized spacial score (nSPS) is 56.9. The third-order valence-electron chi connectivity index (χ3n) is 9.28. The zero-order valence-electron chi connectivity index (χ0n) is 15.1. The van der Waals surface area contributed by atoms with Crippen molar-refractivity contribution in [3.8, 4) is 0 Å². The van der Waals surface area contributed by atoms with E-state index in [0.717, 1.165) is 57.8 Å². The first-order valence-corrected chi connectivity index (χ1v) is 9.92. The summed E-state index contributed by atoms with van der Waals surface area (Å²) in [5, 5.41) is 19.8. The Labute approximate surface area is 145 Å². The van der Waals surface area contributed by atoms with Crippen LogP contribution in [-0.4, -0.2) is 27.8 Å². The van der Waals surface area contributed by atoms with Gasteiger partial charge in [-0.05, 0) is 86.4 Å². The van der Waals surface area contributed by atoms with Crippen molar-refractivity contribution in [2.75, 3.05) is 0 Å². The zero-order valence-corrected chi connectivity index (χ0v) is 15.1. The molecule has 1 unspecified atom stereocenters. The molecule has 0 amide bonds. The van der Waals surface area contributed by atoms with Gasteiger partial charge in [0.25, 0.3) is 0 Å². The molecule has 0 aromatic heterocycles. The molecule has 0 aromatic carbocycles. The summed E-state index contributed by atoms with van der Waals surface area (Å²) in [6.45, 7) is 4.60. The van der Waals surface area contributed by atoms with Crippen LogP contribution in [0.25, 0.3) is 0 Å². The van der Waals surface area contributed by atoms with E-state index < -0.39 is 5.97 Å². The number of aliphatic carboxylic acids is 1. The second kappa shape index (κ2) is 5.20. The van der Waals surface area contributed by atoms with Gasteiger partial charge in [-0.25, -0.2) is 0 Å². The monoisotopic (exact) mass is 335 g/mol. The molecule has 0 aromatic rings. The van der Waals surface area contributed by atoms with E-state index in [2.05, 4.69) is 13.8 Å². The second-order valence-electron chi connectivity index (χ2n) is 9.85. The molecule has 136 valence electrons. The van der Waals surface area contributed by atoms with E-state index in [0.29, 0.717) is 17.8 Å². The predicted octanol–water partition coefficient (Wildman–Crippen LogP) is 3.17. The Balaban J connectivity index is 1.68. The highest BCUT2D eigenvalue weighted by Gasteiger charge is 2.67. The second-order valence-corrected chi connectivity index (χ2v) is 9.85. The molecule has 0 saturated heterocycles. The van der Waals surface area contributed by atoms with Gasteiger partial charge in [-0.1, -0.05) is 13.8 Å². The molecule has 0 aliphatic heterocycles. The van der Waals surface area contributed by atoms with Gasteiger partial charge in [0.1, 0.15) is 0 Å². The number of aliphatic hydroxyl groups is 1. The van der Waals surface area contributed by atoms with Crippen molar-refractivity contribution in [3.63, 3.8) is 0 Å². The average molecular weight is 335 g/mol. The Hall–Kier alpha value is -0.610. The number of rotatable bonds is 1. The number of fused-ring (bicyclic) bond motifs is 5. The number of carbonyl (C=O) groups is 1. The molecule has 0 spiro atoms. The van der Waals surface area contributed by atoms with Crippen LogP contribution in [-0.2, 0) is 4.79 Å². The van der Waals surface area contributed by atoms with Crippen molar-refractivity contribution in [1.82, 2.24) is 0 Å². The summed E-state index contributed by atoms with van der Waals surface area (Å²) >= 11 is 0. The van der Waals surface area contributed by atoms with Crippen LogP contribution in [0.4, 0.5) is 0 Å². The van der Waals surface area contributed by atoms with Crippen molar-refractivity contribution < 1.29 is 15.0 Å². The summed E-state index contributed by atoms with van der Waals surface area (Å²) in [7, 11) is 0. The van der Waals surface area contributed by atoms with Gasteiger partial charge >= 0.3 is 5.97 Å². The highest BCUT2D eigenvalue weighted by atomic mass is 16.4. The molecule has 24 heavy (non-hydrogen) atoms. The Morgan fingerprint density at radius 2 is 1.75 bits per heavy atom. The molecule has 4 N–H and O–H groups in total. The summed E-state index contributed by atoms with van der Waals surface area (Å²) in [6, 6.07) is 0. The molecule has 4 rings (SSSR count). The number of aliphatic hydroxyl groups excluding tert-OH is 1. The fourth-order valence-corrected chi connectivity index (χ4v) is 7.70. The SMILES string of the molecule is C[C@]12CC[C@H](O)C[C@H]1CC[C@@H]1[C@@H]2CC[C@]2(C)C(C(=O)O)CC[C@]12N. The lowest BCUT2D eigenvalue weighted by molar-refractivity contribution is -0.157. The largest absolute Gasteiger partial charge is 0.481 e. The molecular formula is C20H33NO3. The lowest BCUT2D eigenvalue weighted by Gasteiger charge is -2.64. The molecule has 8 atom stereocenters. The Bertz CT molecular complexity index is 551. The van der Waals surface area contributed by atoms with Crippen LogP contribution in [0.2, 0.25) is 0 Å². The molecule has 0 radical (unpaired) electrons. The minimum absolute atomic E-state index is 0.122. The van der Waals surface area contributed by atoms with Gasteiger partial charge in [0.05, 0.1) is 12.0 Å². The molecule has 0 bridgehead atoms. The van der Waals surface area contributed by atoms with E-state index >= 15 is 0 Å². The van der Waals surface area contributed by atoms with Gasteiger partial charge < -0.3 is 15.9 Å². The van der Waals surface area contributed by atoms with Crippen molar-refractivity contribution in [1.29, 1.82) is 0 Å². The van der Waals surface area contributed by atoms with E-state index in [1.54, 1.807) is 0 Å². The lowest BCUT2D eigenvalue weighted by atomic mass is 9.42. The zero-order chi connectivity index (χ0) is 17.3. The first-order valence-electron chi connectivity index (χ1n) is 9.92. The van der Waals surface area contributed by atoms with E-state index in [1.807, 2.05) is 0 Å². The maximum absolute atomic E-state index is 11.8. The number of nitrogens with two attached hydrogens (primary N) is 1.